The molecule has 0 spiro atoms. The molecular weight excluding hydrogens is 481 g/mol. The van der Waals surface area contributed by atoms with Gasteiger partial charge in [0.15, 0.2) is 11.6 Å². The third-order valence-electron chi connectivity index (χ3n) is 4.53. The van der Waals surface area contributed by atoms with E-state index >= 15 is 0 Å². The number of rotatable bonds is 11. The highest BCUT2D eigenvalue weighted by atomic mass is 35.5. The van der Waals surface area contributed by atoms with Crippen LogP contribution in [-0.2, 0) is 21.4 Å². The summed E-state index contributed by atoms with van der Waals surface area (Å²) in [4.78, 5) is 12.6. The minimum absolute atomic E-state index is 0.0616. The van der Waals surface area contributed by atoms with Crippen LogP contribution in [0.25, 0.3) is 0 Å². The van der Waals surface area contributed by atoms with E-state index in [2.05, 4.69) is 18.5 Å². The molecule has 0 aliphatic carbocycles. The first-order valence-electron chi connectivity index (χ1n) is 9.52. The lowest BCUT2D eigenvalue weighted by molar-refractivity contribution is -0.124. The molecule has 0 heterocycles. The predicted octanol–water partition coefficient (Wildman–Crippen LogP) is 4.36. The molecule has 0 aromatic heterocycles. The highest BCUT2D eigenvalue weighted by Gasteiger charge is 2.37. The summed E-state index contributed by atoms with van der Waals surface area (Å²) in [5.41, 5.74) is 0.237. The molecule has 1 amide bonds. The maximum Gasteiger partial charge on any atom is 0.247 e. The molecule has 2 aromatic rings. The summed E-state index contributed by atoms with van der Waals surface area (Å²) in [6.45, 7) is 5.59. The monoisotopic (exact) mass is 502 g/mol. The topological polar surface area (TPSA) is 75.7 Å². The lowest BCUT2D eigenvalue weighted by atomic mass is 10.1. The van der Waals surface area contributed by atoms with Gasteiger partial charge < -0.3 is 10.1 Å². The average molecular weight is 503 g/mol. The van der Waals surface area contributed by atoms with Crippen molar-refractivity contribution in [1.82, 2.24) is 9.62 Å². The average Bonchev–Trinajstić information content (AvgIpc) is 2.76. The van der Waals surface area contributed by atoms with Gasteiger partial charge in [0.05, 0.1) is 13.7 Å². The SMILES string of the molecule is C=CCC(C(=O)NCc1ccc(F)c(F)c1)N(CC(=C)F)S(=O)(=O)c1cc(Cl)ccc1OC. The van der Waals surface area contributed by atoms with Crippen LogP contribution in [-0.4, -0.2) is 38.3 Å². The summed E-state index contributed by atoms with van der Waals surface area (Å²) in [5.74, 6) is -4.04. The Morgan fingerprint density at radius 1 is 1.24 bits per heavy atom. The van der Waals surface area contributed by atoms with E-state index in [0.29, 0.717) is 4.31 Å². The molecule has 178 valence electrons. The largest absolute Gasteiger partial charge is 0.495 e. The van der Waals surface area contributed by atoms with Crippen molar-refractivity contribution in [3.8, 4) is 5.75 Å². The number of carbonyl (C=O) groups is 1. The molecule has 0 radical (unpaired) electrons. The number of halogens is 4. The minimum Gasteiger partial charge on any atom is -0.495 e. The first kappa shape index (κ1) is 26.4. The van der Waals surface area contributed by atoms with Crippen LogP contribution < -0.4 is 10.1 Å². The van der Waals surface area contributed by atoms with Crippen molar-refractivity contribution in [3.63, 3.8) is 0 Å². The Morgan fingerprint density at radius 2 is 1.94 bits per heavy atom. The van der Waals surface area contributed by atoms with E-state index in [1.807, 2.05) is 0 Å². The zero-order valence-electron chi connectivity index (χ0n) is 17.7. The van der Waals surface area contributed by atoms with Crippen LogP contribution in [0.1, 0.15) is 12.0 Å². The fourth-order valence-electron chi connectivity index (χ4n) is 2.98. The van der Waals surface area contributed by atoms with E-state index < -0.39 is 46.0 Å². The van der Waals surface area contributed by atoms with E-state index in [0.717, 1.165) is 18.2 Å². The summed E-state index contributed by atoms with van der Waals surface area (Å²) in [7, 11) is -3.27. The van der Waals surface area contributed by atoms with Gasteiger partial charge in [0.2, 0.25) is 15.9 Å². The summed E-state index contributed by atoms with van der Waals surface area (Å²) in [6, 6.07) is 5.47. The van der Waals surface area contributed by atoms with E-state index in [9.17, 15) is 26.4 Å². The van der Waals surface area contributed by atoms with Crippen molar-refractivity contribution < 1.29 is 31.1 Å². The number of ether oxygens (including phenoxy) is 1. The van der Waals surface area contributed by atoms with Gasteiger partial charge in [-0.05, 0) is 42.3 Å². The van der Waals surface area contributed by atoms with E-state index in [-0.39, 0.29) is 34.2 Å². The smallest absolute Gasteiger partial charge is 0.247 e. The molecule has 2 rings (SSSR count). The van der Waals surface area contributed by atoms with Crippen LogP contribution in [0.4, 0.5) is 13.2 Å². The van der Waals surface area contributed by atoms with Crippen LogP contribution in [0.2, 0.25) is 5.02 Å². The number of hydrogen-bond donors (Lipinski definition) is 1. The van der Waals surface area contributed by atoms with Crippen LogP contribution in [0.5, 0.6) is 5.75 Å². The van der Waals surface area contributed by atoms with Gasteiger partial charge in [-0.1, -0.05) is 30.3 Å². The quantitative estimate of drug-likeness (QED) is 0.463. The highest BCUT2D eigenvalue weighted by molar-refractivity contribution is 7.89. The molecule has 11 heteroatoms. The van der Waals surface area contributed by atoms with E-state index in [1.54, 1.807) is 0 Å². The molecule has 0 aliphatic rings. The maximum absolute atomic E-state index is 13.9. The lowest BCUT2D eigenvalue weighted by Crippen LogP contribution is -2.49. The first-order chi connectivity index (χ1) is 15.5. The summed E-state index contributed by atoms with van der Waals surface area (Å²) in [6.07, 6.45) is 1.11. The van der Waals surface area contributed by atoms with Gasteiger partial charge in [-0.3, -0.25) is 4.79 Å². The Labute approximate surface area is 195 Å². The van der Waals surface area contributed by atoms with Crippen molar-refractivity contribution in [2.45, 2.75) is 23.9 Å². The van der Waals surface area contributed by atoms with Crippen LogP contribution in [0.3, 0.4) is 0 Å². The van der Waals surface area contributed by atoms with Gasteiger partial charge in [0, 0.05) is 11.6 Å². The molecule has 1 unspecified atom stereocenters. The van der Waals surface area contributed by atoms with Crippen LogP contribution in [0, 0.1) is 11.6 Å². The molecule has 0 saturated heterocycles. The van der Waals surface area contributed by atoms with Gasteiger partial charge in [-0.2, -0.15) is 4.31 Å². The van der Waals surface area contributed by atoms with Crippen LogP contribution in [0.15, 0.2) is 66.4 Å². The Hall–Kier alpha value is -2.82. The van der Waals surface area contributed by atoms with Crippen LogP contribution >= 0.6 is 11.6 Å². The predicted molar refractivity (Wildman–Crippen MR) is 119 cm³/mol. The van der Waals surface area contributed by atoms with Gasteiger partial charge >= 0.3 is 0 Å². The fourth-order valence-corrected chi connectivity index (χ4v) is 4.98. The van der Waals surface area contributed by atoms with Gasteiger partial charge in [0.1, 0.15) is 22.5 Å². The number of sulfonamides is 1. The second kappa shape index (κ2) is 11.4. The van der Waals surface area contributed by atoms with Gasteiger partial charge in [0.25, 0.3) is 0 Å². The minimum atomic E-state index is -4.52. The van der Waals surface area contributed by atoms with Crippen molar-refractivity contribution in [2.75, 3.05) is 13.7 Å². The molecule has 33 heavy (non-hydrogen) atoms. The highest BCUT2D eigenvalue weighted by Crippen LogP contribution is 2.31. The van der Waals surface area contributed by atoms with Crippen molar-refractivity contribution in [3.05, 3.63) is 83.7 Å². The number of amides is 1. The Balaban J connectivity index is 2.43. The number of benzene rings is 2. The Kier molecular flexibility index (Phi) is 9.09. The summed E-state index contributed by atoms with van der Waals surface area (Å²) in [5, 5.41) is 2.54. The van der Waals surface area contributed by atoms with Gasteiger partial charge in [-0.25, -0.2) is 21.6 Å². The zero-order valence-corrected chi connectivity index (χ0v) is 19.2. The Bertz CT molecular complexity index is 1160. The molecular formula is C22H22ClF3N2O4S. The second-order valence-electron chi connectivity index (χ2n) is 6.87. The summed E-state index contributed by atoms with van der Waals surface area (Å²) >= 11 is 5.95. The van der Waals surface area contributed by atoms with Crippen molar-refractivity contribution in [2.24, 2.45) is 0 Å². The number of nitrogens with one attached hydrogen (secondary N) is 1. The number of carbonyl (C=O) groups excluding carboxylic acids is 1. The first-order valence-corrected chi connectivity index (χ1v) is 11.3. The fraction of sp³-hybridized carbons (Fsp3) is 0.227. The maximum atomic E-state index is 13.9. The van der Waals surface area contributed by atoms with Gasteiger partial charge in [-0.15, -0.1) is 6.58 Å². The molecule has 0 fully saturated rings. The summed E-state index contributed by atoms with van der Waals surface area (Å²) < 4.78 is 73.0. The third kappa shape index (κ3) is 6.59. The zero-order chi connectivity index (χ0) is 24.8. The molecule has 6 nitrogen and oxygen atoms in total. The molecule has 0 bridgehead atoms. The third-order valence-corrected chi connectivity index (χ3v) is 6.64. The Morgan fingerprint density at radius 3 is 2.52 bits per heavy atom. The second-order valence-corrected chi connectivity index (χ2v) is 9.16. The normalized spacial score (nSPS) is 12.3. The number of hydrogen-bond acceptors (Lipinski definition) is 4. The van der Waals surface area contributed by atoms with E-state index in [1.165, 1.54) is 31.4 Å². The number of nitrogens with zero attached hydrogens (tertiary/aromatic N) is 1. The standard InChI is InChI=1S/C22H22ClF3N2O4S/c1-4-5-19(22(29)27-12-15-6-8-17(25)18(26)10-15)28(13-14(2)24)33(30,31)21-11-16(23)7-9-20(21)32-3/h4,6-11,19H,1-2,5,12-13H2,3H3,(H,27,29). The molecule has 0 saturated carbocycles. The van der Waals surface area contributed by atoms with Crippen molar-refractivity contribution >= 4 is 27.5 Å². The van der Waals surface area contributed by atoms with Crippen molar-refractivity contribution in [1.29, 1.82) is 0 Å². The van der Waals surface area contributed by atoms with E-state index in [4.69, 9.17) is 16.3 Å². The lowest BCUT2D eigenvalue weighted by Gasteiger charge is -2.29. The molecule has 2 aromatic carbocycles. The molecule has 1 N–H and O–H groups in total. The molecule has 1 atom stereocenters. The molecule has 0 aliphatic heterocycles. The number of methoxy groups -OCH3 is 1.